The van der Waals surface area contributed by atoms with Crippen molar-refractivity contribution >= 4 is 28.1 Å². The second kappa shape index (κ2) is 6.16. The first-order valence-corrected chi connectivity index (χ1v) is 8.80. The smallest absolute Gasteiger partial charge is 0.129 e. The molecule has 0 amide bonds. The maximum atomic E-state index is 5.28. The number of benzene rings is 1. The molecule has 0 bridgehead atoms. The summed E-state index contributed by atoms with van der Waals surface area (Å²) < 4.78 is 5.28. The third-order valence-electron chi connectivity index (χ3n) is 4.43. The van der Waals surface area contributed by atoms with E-state index in [9.17, 15) is 0 Å². The van der Waals surface area contributed by atoms with E-state index in [1.54, 1.807) is 18.4 Å². The standard InChI is InChI=1S/C18H19N3OS/c1-22-15-5-6-16-13(11-15)4-7-17(20-16)21-9-2-3-14(12-21)18-19-8-10-23-18/h4-8,10-11,14H,2-3,9,12H2,1H3. The summed E-state index contributed by atoms with van der Waals surface area (Å²) in [6.45, 7) is 2.07. The van der Waals surface area contributed by atoms with Crippen molar-refractivity contribution in [2.24, 2.45) is 0 Å². The summed E-state index contributed by atoms with van der Waals surface area (Å²) in [7, 11) is 1.69. The molecule has 1 saturated heterocycles. The van der Waals surface area contributed by atoms with Gasteiger partial charge in [0, 0.05) is 36.0 Å². The van der Waals surface area contributed by atoms with Gasteiger partial charge in [0.1, 0.15) is 11.6 Å². The molecule has 118 valence electrons. The molecular weight excluding hydrogens is 306 g/mol. The van der Waals surface area contributed by atoms with Gasteiger partial charge in [0.05, 0.1) is 17.6 Å². The van der Waals surface area contributed by atoms with Crippen molar-refractivity contribution in [3.05, 3.63) is 46.9 Å². The molecule has 1 aliphatic heterocycles. The fourth-order valence-corrected chi connectivity index (χ4v) is 3.99. The number of hydrogen-bond donors (Lipinski definition) is 0. The molecule has 3 heterocycles. The van der Waals surface area contributed by atoms with Crippen LogP contribution in [0.1, 0.15) is 23.8 Å². The largest absolute Gasteiger partial charge is 0.497 e. The molecule has 23 heavy (non-hydrogen) atoms. The first-order valence-electron chi connectivity index (χ1n) is 7.92. The zero-order valence-corrected chi connectivity index (χ0v) is 13.9. The third-order valence-corrected chi connectivity index (χ3v) is 5.37. The molecule has 0 aliphatic carbocycles. The van der Waals surface area contributed by atoms with Gasteiger partial charge >= 0.3 is 0 Å². The second-order valence-electron chi connectivity index (χ2n) is 5.88. The van der Waals surface area contributed by atoms with E-state index >= 15 is 0 Å². The Hall–Kier alpha value is -2.14. The van der Waals surface area contributed by atoms with Crippen LogP contribution < -0.4 is 9.64 Å². The number of piperidine rings is 1. The van der Waals surface area contributed by atoms with Crippen molar-refractivity contribution in [1.29, 1.82) is 0 Å². The molecule has 4 rings (SSSR count). The molecule has 0 N–H and O–H groups in total. The van der Waals surface area contributed by atoms with Crippen molar-refractivity contribution < 1.29 is 4.74 Å². The molecule has 0 spiro atoms. The van der Waals surface area contributed by atoms with Crippen LogP contribution in [0.3, 0.4) is 0 Å². The van der Waals surface area contributed by atoms with Gasteiger partial charge in [0.15, 0.2) is 0 Å². The molecule has 1 aliphatic rings. The van der Waals surface area contributed by atoms with Crippen LogP contribution in [0.5, 0.6) is 5.75 Å². The maximum absolute atomic E-state index is 5.28. The highest BCUT2D eigenvalue weighted by atomic mass is 32.1. The van der Waals surface area contributed by atoms with Crippen molar-refractivity contribution in [3.63, 3.8) is 0 Å². The van der Waals surface area contributed by atoms with E-state index in [1.165, 1.54) is 17.8 Å². The molecule has 5 heteroatoms. The van der Waals surface area contributed by atoms with Gasteiger partial charge < -0.3 is 9.64 Å². The van der Waals surface area contributed by atoms with E-state index < -0.39 is 0 Å². The van der Waals surface area contributed by atoms with E-state index in [-0.39, 0.29) is 0 Å². The van der Waals surface area contributed by atoms with Crippen LogP contribution in [0.15, 0.2) is 41.9 Å². The van der Waals surface area contributed by atoms with Crippen LogP contribution in [0.2, 0.25) is 0 Å². The fraction of sp³-hybridized carbons (Fsp3) is 0.333. The topological polar surface area (TPSA) is 38.2 Å². The number of ether oxygens (including phenoxy) is 1. The first-order chi connectivity index (χ1) is 11.3. The summed E-state index contributed by atoms with van der Waals surface area (Å²) in [6, 6.07) is 10.3. The highest BCUT2D eigenvalue weighted by molar-refractivity contribution is 7.09. The quantitative estimate of drug-likeness (QED) is 0.727. The Bertz CT molecular complexity index is 803. The minimum Gasteiger partial charge on any atom is -0.497 e. The molecule has 1 fully saturated rings. The van der Waals surface area contributed by atoms with Crippen molar-refractivity contribution in [2.75, 3.05) is 25.1 Å². The second-order valence-corrected chi connectivity index (χ2v) is 6.81. The van der Waals surface area contributed by atoms with E-state index in [2.05, 4.69) is 27.4 Å². The lowest BCUT2D eigenvalue weighted by Gasteiger charge is -2.32. The lowest BCUT2D eigenvalue weighted by Crippen LogP contribution is -2.34. The number of nitrogens with zero attached hydrogens (tertiary/aromatic N) is 3. The van der Waals surface area contributed by atoms with Gasteiger partial charge in [-0.2, -0.15) is 0 Å². The number of aromatic nitrogens is 2. The minimum atomic E-state index is 0.525. The summed E-state index contributed by atoms with van der Waals surface area (Å²) in [5.74, 6) is 2.45. The normalized spacial score (nSPS) is 18.3. The predicted molar refractivity (Wildman–Crippen MR) is 94.6 cm³/mol. The SMILES string of the molecule is COc1ccc2nc(N3CCCC(c4nccs4)C3)ccc2c1. The zero-order chi connectivity index (χ0) is 15.6. The Morgan fingerprint density at radius 2 is 2.22 bits per heavy atom. The number of thiazole rings is 1. The van der Waals surface area contributed by atoms with Gasteiger partial charge in [-0.25, -0.2) is 9.97 Å². The first kappa shape index (κ1) is 14.5. The van der Waals surface area contributed by atoms with Gasteiger partial charge in [0.2, 0.25) is 0 Å². The van der Waals surface area contributed by atoms with Crippen LogP contribution in [0.4, 0.5) is 5.82 Å². The van der Waals surface area contributed by atoms with E-state index in [1.807, 2.05) is 24.4 Å². The lowest BCUT2D eigenvalue weighted by atomic mass is 9.98. The molecule has 0 saturated carbocycles. The Labute approximate surface area is 139 Å². The molecule has 1 aromatic carbocycles. The van der Waals surface area contributed by atoms with Crippen LogP contribution in [0.25, 0.3) is 10.9 Å². The number of rotatable bonds is 3. The van der Waals surface area contributed by atoms with Gasteiger partial charge in [-0.1, -0.05) is 0 Å². The molecule has 0 radical (unpaired) electrons. The average molecular weight is 325 g/mol. The van der Waals surface area contributed by atoms with Gasteiger partial charge in [0.25, 0.3) is 0 Å². The summed E-state index contributed by atoms with van der Waals surface area (Å²) in [5.41, 5.74) is 1.01. The average Bonchev–Trinajstić information content (AvgIpc) is 3.15. The zero-order valence-electron chi connectivity index (χ0n) is 13.1. The molecular formula is C18H19N3OS. The van der Waals surface area contributed by atoms with E-state index in [0.29, 0.717) is 5.92 Å². The summed E-state index contributed by atoms with van der Waals surface area (Å²) in [5, 5.41) is 4.43. The van der Waals surface area contributed by atoms with E-state index in [4.69, 9.17) is 9.72 Å². The Kier molecular flexibility index (Phi) is 3.87. The molecule has 2 aromatic heterocycles. The Balaban J connectivity index is 1.60. The monoisotopic (exact) mass is 325 g/mol. The fourth-order valence-electron chi connectivity index (χ4n) is 3.22. The van der Waals surface area contributed by atoms with Crippen molar-refractivity contribution in [3.8, 4) is 5.75 Å². The number of pyridine rings is 1. The highest BCUT2D eigenvalue weighted by Gasteiger charge is 2.24. The number of hydrogen-bond acceptors (Lipinski definition) is 5. The van der Waals surface area contributed by atoms with Crippen LogP contribution in [-0.4, -0.2) is 30.2 Å². The molecule has 4 nitrogen and oxygen atoms in total. The van der Waals surface area contributed by atoms with Gasteiger partial charge in [-0.3, -0.25) is 0 Å². The number of methoxy groups -OCH3 is 1. The summed E-state index contributed by atoms with van der Waals surface area (Å²) >= 11 is 1.76. The summed E-state index contributed by atoms with van der Waals surface area (Å²) in [4.78, 5) is 11.7. The van der Waals surface area contributed by atoms with Gasteiger partial charge in [-0.15, -0.1) is 11.3 Å². The van der Waals surface area contributed by atoms with Crippen molar-refractivity contribution in [2.45, 2.75) is 18.8 Å². The highest BCUT2D eigenvalue weighted by Crippen LogP contribution is 2.31. The Morgan fingerprint density at radius 1 is 1.26 bits per heavy atom. The van der Waals surface area contributed by atoms with Crippen LogP contribution in [-0.2, 0) is 0 Å². The van der Waals surface area contributed by atoms with Crippen LogP contribution >= 0.6 is 11.3 Å². The summed E-state index contributed by atoms with van der Waals surface area (Å²) in [6.07, 6.45) is 4.31. The Morgan fingerprint density at radius 3 is 3.04 bits per heavy atom. The molecule has 1 unspecified atom stereocenters. The number of anilines is 1. The molecule has 3 aromatic rings. The lowest BCUT2D eigenvalue weighted by molar-refractivity contribution is 0.415. The predicted octanol–water partition coefficient (Wildman–Crippen LogP) is 4.08. The van der Waals surface area contributed by atoms with Gasteiger partial charge in [-0.05, 0) is 43.2 Å². The third kappa shape index (κ3) is 2.88. The minimum absolute atomic E-state index is 0.525. The number of fused-ring (bicyclic) bond motifs is 1. The molecule has 1 atom stereocenters. The maximum Gasteiger partial charge on any atom is 0.129 e. The van der Waals surface area contributed by atoms with Crippen LogP contribution in [0, 0.1) is 0 Å². The van der Waals surface area contributed by atoms with Crippen molar-refractivity contribution in [1.82, 2.24) is 9.97 Å². The van der Waals surface area contributed by atoms with E-state index in [0.717, 1.165) is 35.6 Å².